The van der Waals surface area contributed by atoms with Crippen molar-refractivity contribution in [2.75, 3.05) is 27.2 Å². The summed E-state index contributed by atoms with van der Waals surface area (Å²) in [5, 5.41) is 0. The van der Waals surface area contributed by atoms with E-state index in [2.05, 4.69) is 0 Å². The number of ether oxygens (including phenoxy) is 1. The Hall–Kier alpha value is -0.570. The third kappa shape index (κ3) is 5.64. The zero-order valence-corrected chi connectivity index (χ0v) is 9.17. The summed E-state index contributed by atoms with van der Waals surface area (Å²) in [5.74, 6) is 0.0361. The van der Waals surface area contributed by atoms with E-state index in [-0.39, 0.29) is 11.9 Å². The summed E-state index contributed by atoms with van der Waals surface area (Å²) in [4.78, 5) is 13.3. The maximum Gasteiger partial charge on any atom is 0.308 e. The fourth-order valence-corrected chi connectivity index (χ4v) is 1.07. The van der Waals surface area contributed by atoms with E-state index >= 15 is 0 Å². The Morgan fingerprint density at radius 2 is 1.85 bits per heavy atom. The van der Waals surface area contributed by atoms with Gasteiger partial charge in [-0.25, -0.2) is 0 Å². The molecule has 0 aromatic rings. The lowest BCUT2D eigenvalue weighted by Gasteiger charge is -2.13. The number of nitrogens with zero attached hydrogens (tertiary/aromatic N) is 1. The van der Waals surface area contributed by atoms with Gasteiger partial charge in [0.1, 0.15) is 6.61 Å². The maximum absolute atomic E-state index is 11.3. The van der Waals surface area contributed by atoms with Crippen molar-refractivity contribution in [3.63, 3.8) is 0 Å². The van der Waals surface area contributed by atoms with Crippen LogP contribution in [0, 0.1) is 5.92 Å². The molecule has 0 amide bonds. The van der Waals surface area contributed by atoms with Crippen LogP contribution in [-0.4, -0.2) is 38.1 Å². The van der Waals surface area contributed by atoms with Crippen molar-refractivity contribution in [3.8, 4) is 0 Å². The van der Waals surface area contributed by atoms with Crippen LogP contribution in [-0.2, 0) is 9.53 Å². The third-order valence-electron chi connectivity index (χ3n) is 2.10. The van der Waals surface area contributed by atoms with Crippen LogP contribution in [0.2, 0.25) is 0 Å². The van der Waals surface area contributed by atoms with Crippen molar-refractivity contribution in [1.29, 1.82) is 0 Å². The van der Waals surface area contributed by atoms with Gasteiger partial charge in [-0.2, -0.15) is 0 Å². The Balaban J connectivity index is 3.60. The van der Waals surface area contributed by atoms with E-state index in [0.29, 0.717) is 6.61 Å². The zero-order chi connectivity index (χ0) is 10.3. The number of esters is 1. The minimum absolute atomic E-state index is 0.0492. The molecule has 0 spiro atoms. The van der Waals surface area contributed by atoms with Crippen LogP contribution in [0.5, 0.6) is 0 Å². The molecule has 0 atom stereocenters. The molecule has 0 saturated carbocycles. The van der Waals surface area contributed by atoms with Gasteiger partial charge >= 0.3 is 5.97 Å². The van der Waals surface area contributed by atoms with E-state index in [0.717, 1.165) is 19.4 Å². The molecule has 0 fully saturated rings. The lowest BCUT2D eigenvalue weighted by atomic mass is 10.0. The van der Waals surface area contributed by atoms with E-state index in [1.807, 2.05) is 32.8 Å². The molecule has 0 aromatic carbocycles. The van der Waals surface area contributed by atoms with Gasteiger partial charge in [0.25, 0.3) is 0 Å². The number of rotatable bonds is 6. The number of hydrogen-bond acceptors (Lipinski definition) is 3. The SMILES string of the molecule is CCC(CC)C(=O)OCCN(C)C. The second-order valence-electron chi connectivity index (χ2n) is 3.48. The average molecular weight is 187 g/mol. The van der Waals surface area contributed by atoms with Crippen LogP contribution >= 0.6 is 0 Å². The molecule has 0 bridgehead atoms. The van der Waals surface area contributed by atoms with Crippen molar-refractivity contribution in [2.24, 2.45) is 5.92 Å². The number of carbonyl (C=O) groups excluding carboxylic acids is 1. The highest BCUT2D eigenvalue weighted by molar-refractivity contribution is 5.72. The van der Waals surface area contributed by atoms with Gasteiger partial charge in [0.05, 0.1) is 5.92 Å². The van der Waals surface area contributed by atoms with Gasteiger partial charge in [0.2, 0.25) is 0 Å². The first-order valence-corrected chi connectivity index (χ1v) is 4.93. The van der Waals surface area contributed by atoms with Crippen LogP contribution in [0.4, 0.5) is 0 Å². The molecule has 0 unspecified atom stereocenters. The normalized spacial score (nSPS) is 10.9. The first kappa shape index (κ1) is 12.4. The molecule has 0 saturated heterocycles. The van der Waals surface area contributed by atoms with E-state index in [1.54, 1.807) is 0 Å². The predicted octanol–water partition coefficient (Wildman–Crippen LogP) is 1.53. The van der Waals surface area contributed by atoms with Crippen molar-refractivity contribution < 1.29 is 9.53 Å². The summed E-state index contributed by atoms with van der Waals surface area (Å²) in [5.41, 5.74) is 0. The van der Waals surface area contributed by atoms with Crippen molar-refractivity contribution in [1.82, 2.24) is 4.90 Å². The van der Waals surface area contributed by atoms with Gasteiger partial charge in [-0.05, 0) is 26.9 Å². The minimum atomic E-state index is -0.0492. The summed E-state index contributed by atoms with van der Waals surface area (Å²) in [6, 6.07) is 0. The van der Waals surface area contributed by atoms with Gasteiger partial charge in [-0.1, -0.05) is 13.8 Å². The van der Waals surface area contributed by atoms with Crippen LogP contribution in [0.1, 0.15) is 26.7 Å². The Morgan fingerprint density at radius 3 is 2.23 bits per heavy atom. The molecule has 3 nitrogen and oxygen atoms in total. The largest absolute Gasteiger partial charge is 0.464 e. The highest BCUT2D eigenvalue weighted by Gasteiger charge is 2.14. The Kier molecular flexibility index (Phi) is 6.59. The molecule has 3 heteroatoms. The smallest absolute Gasteiger partial charge is 0.308 e. The molecule has 78 valence electrons. The predicted molar refractivity (Wildman–Crippen MR) is 53.6 cm³/mol. The molecule has 13 heavy (non-hydrogen) atoms. The van der Waals surface area contributed by atoms with Crippen molar-refractivity contribution in [3.05, 3.63) is 0 Å². The molecule has 0 heterocycles. The molecule has 0 aliphatic heterocycles. The van der Waals surface area contributed by atoms with Gasteiger partial charge in [0.15, 0.2) is 0 Å². The molecule has 0 rings (SSSR count). The lowest BCUT2D eigenvalue weighted by Crippen LogP contribution is -2.23. The topological polar surface area (TPSA) is 29.5 Å². The van der Waals surface area contributed by atoms with E-state index in [9.17, 15) is 4.79 Å². The number of carbonyl (C=O) groups is 1. The quantitative estimate of drug-likeness (QED) is 0.591. The second-order valence-corrected chi connectivity index (χ2v) is 3.48. The Bertz CT molecular complexity index is 142. The number of likely N-dealkylation sites (N-methyl/N-ethyl adjacent to an activating group) is 1. The van der Waals surface area contributed by atoms with Gasteiger partial charge in [-0.3, -0.25) is 4.79 Å². The Morgan fingerprint density at radius 1 is 1.31 bits per heavy atom. The molecule has 0 radical (unpaired) electrons. The molecular formula is C10H21NO2. The third-order valence-corrected chi connectivity index (χ3v) is 2.10. The van der Waals surface area contributed by atoms with E-state index in [1.165, 1.54) is 0 Å². The zero-order valence-electron chi connectivity index (χ0n) is 9.17. The van der Waals surface area contributed by atoms with E-state index in [4.69, 9.17) is 4.74 Å². The fourth-order valence-electron chi connectivity index (χ4n) is 1.07. The molecular weight excluding hydrogens is 166 g/mol. The van der Waals surface area contributed by atoms with Crippen LogP contribution in [0.3, 0.4) is 0 Å². The summed E-state index contributed by atoms with van der Waals surface area (Å²) < 4.78 is 5.12. The van der Waals surface area contributed by atoms with Gasteiger partial charge < -0.3 is 9.64 Å². The first-order valence-electron chi connectivity index (χ1n) is 4.93. The first-order chi connectivity index (χ1) is 6.11. The van der Waals surface area contributed by atoms with Crippen LogP contribution in [0.15, 0.2) is 0 Å². The van der Waals surface area contributed by atoms with Crippen molar-refractivity contribution >= 4 is 5.97 Å². The highest BCUT2D eigenvalue weighted by atomic mass is 16.5. The van der Waals surface area contributed by atoms with E-state index < -0.39 is 0 Å². The minimum Gasteiger partial charge on any atom is -0.464 e. The average Bonchev–Trinajstić information content (AvgIpc) is 2.05. The van der Waals surface area contributed by atoms with Gasteiger partial charge in [0, 0.05) is 6.54 Å². The standard InChI is InChI=1S/C10H21NO2/c1-5-9(6-2)10(12)13-8-7-11(3)4/h9H,5-8H2,1-4H3. The Labute approximate surface area is 81.1 Å². The summed E-state index contributed by atoms with van der Waals surface area (Å²) in [6.45, 7) is 5.33. The fraction of sp³-hybridized carbons (Fsp3) is 0.900. The second kappa shape index (κ2) is 6.89. The van der Waals surface area contributed by atoms with Crippen LogP contribution in [0.25, 0.3) is 0 Å². The monoisotopic (exact) mass is 187 g/mol. The van der Waals surface area contributed by atoms with Crippen LogP contribution < -0.4 is 0 Å². The summed E-state index contributed by atoms with van der Waals surface area (Å²) in [6.07, 6.45) is 1.74. The molecule has 0 aromatic heterocycles. The van der Waals surface area contributed by atoms with Gasteiger partial charge in [-0.15, -0.1) is 0 Å². The molecule has 0 aliphatic rings. The summed E-state index contributed by atoms with van der Waals surface area (Å²) >= 11 is 0. The van der Waals surface area contributed by atoms with Crippen molar-refractivity contribution in [2.45, 2.75) is 26.7 Å². The number of hydrogen-bond donors (Lipinski definition) is 0. The lowest BCUT2D eigenvalue weighted by molar-refractivity contribution is -0.149. The highest BCUT2D eigenvalue weighted by Crippen LogP contribution is 2.09. The summed E-state index contributed by atoms with van der Waals surface area (Å²) in [7, 11) is 3.93. The maximum atomic E-state index is 11.3. The molecule has 0 aliphatic carbocycles. The molecule has 0 N–H and O–H groups in total.